The van der Waals surface area contributed by atoms with E-state index in [1.54, 1.807) is 0 Å². The predicted molar refractivity (Wildman–Crippen MR) is 49.9 cm³/mol. The third-order valence-corrected chi connectivity index (χ3v) is 3.42. The highest BCUT2D eigenvalue weighted by Gasteiger charge is 2.51. The summed E-state index contributed by atoms with van der Waals surface area (Å²) in [5, 5.41) is 8.96. The Bertz CT molecular complexity index is 267. The summed E-state index contributed by atoms with van der Waals surface area (Å²) in [6, 6.07) is 0. The maximum atomic E-state index is 12.8. The quantitative estimate of drug-likeness (QED) is 0.783. The van der Waals surface area contributed by atoms with E-state index in [0.29, 0.717) is 32.5 Å². The molecule has 5 heteroatoms. The van der Waals surface area contributed by atoms with Crippen molar-refractivity contribution >= 4 is 5.97 Å². The lowest BCUT2D eigenvalue weighted by atomic mass is 10.0. The van der Waals surface area contributed by atoms with Crippen LogP contribution in [-0.2, 0) is 4.79 Å². The van der Waals surface area contributed by atoms with Gasteiger partial charge in [0.2, 0.25) is 0 Å². The Morgan fingerprint density at radius 2 is 1.73 bits per heavy atom. The molecule has 3 nitrogen and oxygen atoms in total. The summed E-state index contributed by atoms with van der Waals surface area (Å²) < 4.78 is 25.7. The van der Waals surface area contributed by atoms with E-state index in [0.717, 1.165) is 0 Å². The van der Waals surface area contributed by atoms with Gasteiger partial charge < -0.3 is 10.0 Å². The molecular formula is C10H15F2NO2. The number of alkyl halides is 2. The van der Waals surface area contributed by atoms with Crippen LogP contribution < -0.4 is 0 Å². The van der Waals surface area contributed by atoms with Gasteiger partial charge in [0.1, 0.15) is 0 Å². The van der Waals surface area contributed by atoms with Gasteiger partial charge in [-0.25, -0.2) is 8.78 Å². The van der Waals surface area contributed by atoms with Crippen molar-refractivity contribution in [1.82, 2.24) is 4.90 Å². The maximum absolute atomic E-state index is 12.8. The van der Waals surface area contributed by atoms with Crippen LogP contribution in [0, 0.1) is 5.41 Å². The number of piperidine rings is 1. The number of likely N-dealkylation sites (tertiary alicyclic amines) is 1. The van der Waals surface area contributed by atoms with E-state index < -0.39 is 17.3 Å². The van der Waals surface area contributed by atoms with E-state index in [1.807, 2.05) is 4.90 Å². The van der Waals surface area contributed by atoms with Crippen LogP contribution in [0.25, 0.3) is 0 Å². The highest BCUT2D eigenvalue weighted by Crippen LogP contribution is 2.47. The fourth-order valence-corrected chi connectivity index (χ4v) is 2.06. The standard InChI is InChI=1S/C10H15F2NO2/c11-10(12)3-5-13(6-4-10)7-9(1-2-9)8(14)15/h1-7H2,(H,14,15). The molecule has 0 aromatic heterocycles. The highest BCUT2D eigenvalue weighted by molar-refractivity contribution is 5.78. The first-order chi connectivity index (χ1) is 6.94. The second-order valence-electron chi connectivity index (χ2n) is 4.72. The van der Waals surface area contributed by atoms with Gasteiger partial charge in [-0.2, -0.15) is 0 Å². The minimum atomic E-state index is -2.55. The second kappa shape index (κ2) is 3.40. The second-order valence-corrected chi connectivity index (χ2v) is 4.72. The Balaban J connectivity index is 1.85. The molecule has 0 bridgehead atoms. The molecule has 1 saturated heterocycles. The summed E-state index contributed by atoms with van der Waals surface area (Å²) in [4.78, 5) is 12.8. The number of halogens is 2. The van der Waals surface area contributed by atoms with Gasteiger partial charge in [0.05, 0.1) is 5.41 Å². The lowest BCUT2D eigenvalue weighted by Crippen LogP contribution is -2.43. The lowest BCUT2D eigenvalue weighted by molar-refractivity contribution is -0.144. The van der Waals surface area contributed by atoms with Gasteiger partial charge in [-0.05, 0) is 12.8 Å². The van der Waals surface area contributed by atoms with E-state index in [9.17, 15) is 13.6 Å². The summed E-state index contributed by atoms with van der Waals surface area (Å²) in [6.45, 7) is 1.09. The van der Waals surface area contributed by atoms with Crippen molar-refractivity contribution in [3.05, 3.63) is 0 Å². The molecule has 1 saturated carbocycles. The number of nitrogens with zero attached hydrogens (tertiary/aromatic N) is 1. The Morgan fingerprint density at radius 3 is 2.13 bits per heavy atom. The minimum absolute atomic E-state index is 0.136. The molecule has 2 aliphatic rings. The number of carboxylic acid groups (broad SMARTS) is 1. The van der Waals surface area contributed by atoms with Gasteiger partial charge in [0.15, 0.2) is 0 Å². The van der Waals surface area contributed by atoms with Gasteiger partial charge in [0.25, 0.3) is 5.92 Å². The molecule has 1 N–H and O–H groups in total. The number of carboxylic acids is 1. The van der Waals surface area contributed by atoms with Crippen LogP contribution in [0.5, 0.6) is 0 Å². The predicted octanol–water partition coefficient (Wildman–Crippen LogP) is 1.58. The van der Waals surface area contributed by atoms with Crippen molar-refractivity contribution in [2.24, 2.45) is 5.41 Å². The number of hydrogen-bond acceptors (Lipinski definition) is 2. The smallest absolute Gasteiger partial charge is 0.310 e. The van der Waals surface area contributed by atoms with E-state index in [2.05, 4.69) is 0 Å². The van der Waals surface area contributed by atoms with Crippen molar-refractivity contribution in [3.8, 4) is 0 Å². The fourth-order valence-electron chi connectivity index (χ4n) is 2.06. The molecule has 1 aliphatic carbocycles. The SMILES string of the molecule is O=C(O)C1(CN2CCC(F)(F)CC2)CC1. The molecule has 86 valence electrons. The van der Waals surface area contributed by atoms with E-state index in [1.165, 1.54) is 0 Å². The molecule has 15 heavy (non-hydrogen) atoms. The largest absolute Gasteiger partial charge is 0.481 e. The Morgan fingerprint density at radius 1 is 1.20 bits per heavy atom. The van der Waals surface area contributed by atoms with Crippen LogP contribution in [0.3, 0.4) is 0 Å². The van der Waals surface area contributed by atoms with Crippen molar-refractivity contribution in [2.75, 3.05) is 19.6 Å². The van der Waals surface area contributed by atoms with E-state index in [-0.39, 0.29) is 12.8 Å². The van der Waals surface area contributed by atoms with Gasteiger partial charge in [0, 0.05) is 32.5 Å². The first-order valence-electron chi connectivity index (χ1n) is 5.27. The third kappa shape index (κ3) is 2.27. The first kappa shape index (κ1) is 10.8. The topological polar surface area (TPSA) is 40.5 Å². The van der Waals surface area contributed by atoms with Crippen LogP contribution in [0.4, 0.5) is 8.78 Å². The van der Waals surface area contributed by atoms with Crippen LogP contribution >= 0.6 is 0 Å². The third-order valence-electron chi connectivity index (χ3n) is 3.42. The minimum Gasteiger partial charge on any atom is -0.481 e. The monoisotopic (exact) mass is 219 g/mol. The highest BCUT2D eigenvalue weighted by atomic mass is 19.3. The summed E-state index contributed by atoms with van der Waals surface area (Å²) in [5.41, 5.74) is -0.618. The molecule has 0 atom stereocenters. The van der Waals surface area contributed by atoms with Crippen molar-refractivity contribution in [1.29, 1.82) is 0 Å². The molecular weight excluding hydrogens is 204 g/mol. The van der Waals surface area contributed by atoms with Crippen LogP contribution in [0.1, 0.15) is 25.7 Å². The molecule has 0 aromatic rings. The van der Waals surface area contributed by atoms with Crippen molar-refractivity contribution in [2.45, 2.75) is 31.6 Å². The molecule has 2 fully saturated rings. The lowest BCUT2D eigenvalue weighted by Gasteiger charge is -2.33. The zero-order valence-electron chi connectivity index (χ0n) is 8.51. The average molecular weight is 219 g/mol. The first-order valence-corrected chi connectivity index (χ1v) is 5.27. The molecule has 0 unspecified atom stereocenters. The Labute approximate surface area is 87.1 Å². The normalized spacial score (nSPS) is 28.7. The molecule has 2 rings (SSSR count). The zero-order valence-corrected chi connectivity index (χ0v) is 8.51. The summed E-state index contributed by atoms with van der Waals surface area (Å²) in [7, 11) is 0. The van der Waals surface area contributed by atoms with Gasteiger partial charge >= 0.3 is 5.97 Å². The molecule has 0 aromatic carbocycles. The molecule has 0 radical (unpaired) electrons. The Kier molecular flexibility index (Phi) is 2.45. The number of rotatable bonds is 3. The van der Waals surface area contributed by atoms with Gasteiger partial charge in [-0.3, -0.25) is 4.79 Å². The van der Waals surface area contributed by atoms with Crippen LogP contribution in [0.15, 0.2) is 0 Å². The van der Waals surface area contributed by atoms with E-state index >= 15 is 0 Å². The number of aliphatic carboxylic acids is 1. The number of hydrogen-bond donors (Lipinski definition) is 1. The molecule has 1 aliphatic heterocycles. The van der Waals surface area contributed by atoms with E-state index in [4.69, 9.17) is 5.11 Å². The average Bonchev–Trinajstić information content (AvgIpc) is 2.90. The fraction of sp³-hybridized carbons (Fsp3) is 0.900. The van der Waals surface area contributed by atoms with Crippen LogP contribution in [0.2, 0.25) is 0 Å². The van der Waals surface area contributed by atoms with Gasteiger partial charge in [-0.1, -0.05) is 0 Å². The number of carbonyl (C=O) groups is 1. The summed E-state index contributed by atoms with van der Waals surface area (Å²) in [5.74, 6) is -3.32. The van der Waals surface area contributed by atoms with Crippen LogP contribution in [-0.4, -0.2) is 41.5 Å². The molecule has 0 amide bonds. The summed E-state index contributed by atoms with van der Waals surface area (Å²) >= 11 is 0. The van der Waals surface area contributed by atoms with Crippen molar-refractivity contribution in [3.63, 3.8) is 0 Å². The summed E-state index contributed by atoms with van der Waals surface area (Å²) in [6.07, 6.45) is 1.11. The Hall–Kier alpha value is -0.710. The van der Waals surface area contributed by atoms with Gasteiger partial charge in [-0.15, -0.1) is 0 Å². The zero-order chi connectivity index (χ0) is 11.1. The maximum Gasteiger partial charge on any atom is 0.310 e. The molecule has 0 spiro atoms. The van der Waals surface area contributed by atoms with Crippen molar-refractivity contribution < 1.29 is 18.7 Å². The molecule has 1 heterocycles.